The van der Waals surface area contributed by atoms with Crippen LogP contribution in [0.2, 0.25) is 0 Å². The molecule has 2 aromatic rings. The van der Waals surface area contributed by atoms with Crippen LogP contribution < -0.4 is 4.90 Å². The molecule has 1 atom stereocenters. The number of nitriles is 1. The van der Waals surface area contributed by atoms with Gasteiger partial charge in [-0.25, -0.2) is 0 Å². The normalized spacial score (nSPS) is 16.0. The van der Waals surface area contributed by atoms with E-state index in [4.69, 9.17) is 0 Å². The van der Waals surface area contributed by atoms with Gasteiger partial charge in [-0.1, -0.05) is 12.1 Å². The smallest absolute Gasteiger partial charge is 0.255 e. The van der Waals surface area contributed by atoms with Gasteiger partial charge in [-0.15, -0.1) is 0 Å². The van der Waals surface area contributed by atoms with Crippen molar-refractivity contribution < 1.29 is 4.79 Å². The molecule has 3 rings (SSSR count). The molecule has 0 aliphatic carbocycles. The van der Waals surface area contributed by atoms with Crippen molar-refractivity contribution in [3.63, 3.8) is 0 Å². The van der Waals surface area contributed by atoms with E-state index in [0.29, 0.717) is 31.7 Å². The van der Waals surface area contributed by atoms with E-state index in [0.717, 1.165) is 11.3 Å². The number of anilines is 1. The number of benzene rings is 1. The lowest BCUT2D eigenvalue weighted by Crippen LogP contribution is -2.49. The second-order valence-electron chi connectivity index (χ2n) is 6.59. The Hall–Kier alpha value is -2.91. The third-order valence-electron chi connectivity index (χ3n) is 4.72. The van der Waals surface area contributed by atoms with Gasteiger partial charge in [-0.3, -0.25) is 14.7 Å². The highest BCUT2D eigenvalue weighted by Crippen LogP contribution is 2.24. The van der Waals surface area contributed by atoms with Crippen LogP contribution in [-0.4, -0.2) is 61.0 Å². The zero-order chi connectivity index (χ0) is 18.5. The van der Waals surface area contributed by atoms with Crippen molar-refractivity contribution in [1.29, 1.82) is 5.26 Å². The summed E-state index contributed by atoms with van der Waals surface area (Å²) in [5.74, 6) is 0.00148. The van der Waals surface area contributed by atoms with Gasteiger partial charge in [0, 0.05) is 58.4 Å². The van der Waals surface area contributed by atoms with E-state index in [2.05, 4.69) is 16.0 Å². The topological polar surface area (TPSA) is 63.5 Å². The van der Waals surface area contributed by atoms with Crippen LogP contribution in [0.5, 0.6) is 0 Å². The Bertz CT molecular complexity index is 774. The molecule has 6 nitrogen and oxygen atoms in total. The molecule has 26 heavy (non-hydrogen) atoms. The Morgan fingerprint density at radius 1 is 1.15 bits per heavy atom. The van der Waals surface area contributed by atoms with Crippen LogP contribution >= 0.6 is 0 Å². The minimum atomic E-state index is -0.290. The average Bonchev–Trinajstić information content (AvgIpc) is 2.69. The number of carbonyl (C=O) groups excluding carboxylic acids is 1. The van der Waals surface area contributed by atoms with Crippen LogP contribution in [0.1, 0.15) is 22.0 Å². The molecule has 1 amide bonds. The van der Waals surface area contributed by atoms with Gasteiger partial charge in [-0.2, -0.15) is 5.26 Å². The van der Waals surface area contributed by atoms with Crippen molar-refractivity contribution >= 4 is 11.6 Å². The fourth-order valence-corrected chi connectivity index (χ4v) is 3.18. The molecule has 1 aromatic heterocycles. The third kappa shape index (κ3) is 3.84. The van der Waals surface area contributed by atoms with Crippen molar-refractivity contribution in [3.8, 4) is 6.07 Å². The second kappa shape index (κ2) is 7.98. The fraction of sp³-hybridized carbons (Fsp3) is 0.350. The molecule has 1 aromatic carbocycles. The fourth-order valence-electron chi connectivity index (χ4n) is 3.18. The minimum Gasteiger partial charge on any atom is -0.378 e. The standard InChI is InChI=1S/C20H23N5O/c1-23(2)18-7-5-16(6-8-18)19(14-21)24-10-12-25(13-11-24)20(26)17-4-3-9-22-15-17/h3-9,15,19H,10-13H2,1-2H3. The SMILES string of the molecule is CN(C)c1ccc(C(C#N)N2CCN(C(=O)c3cccnc3)CC2)cc1. The molecular weight excluding hydrogens is 326 g/mol. The number of amides is 1. The van der Waals surface area contributed by atoms with Crippen molar-refractivity contribution in [2.45, 2.75) is 6.04 Å². The molecule has 0 spiro atoms. The molecule has 2 heterocycles. The Kier molecular flexibility index (Phi) is 5.49. The maximum atomic E-state index is 12.5. The first-order chi connectivity index (χ1) is 12.6. The Balaban J connectivity index is 1.64. The lowest BCUT2D eigenvalue weighted by atomic mass is 10.0. The van der Waals surface area contributed by atoms with E-state index in [9.17, 15) is 10.1 Å². The number of hydrogen-bond acceptors (Lipinski definition) is 5. The maximum Gasteiger partial charge on any atom is 0.255 e. The minimum absolute atomic E-state index is 0.00148. The second-order valence-corrected chi connectivity index (χ2v) is 6.59. The Morgan fingerprint density at radius 3 is 2.38 bits per heavy atom. The van der Waals surface area contributed by atoms with E-state index >= 15 is 0 Å². The lowest BCUT2D eigenvalue weighted by molar-refractivity contribution is 0.0606. The molecule has 1 unspecified atom stereocenters. The highest BCUT2D eigenvalue weighted by Gasteiger charge is 2.27. The van der Waals surface area contributed by atoms with Crippen LogP contribution in [0.3, 0.4) is 0 Å². The maximum absolute atomic E-state index is 12.5. The first-order valence-corrected chi connectivity index (χ1v) is 8.70. The summed E-state index contributed by atoms with van der Waals surface area (Å²) in [7, 11) is 3.99. The number of nitrogens with zero attached hydrogens (tertiary/aromatic N) is 5. The predicted molar refractivity (Wildman–Crippen MR) is 101 cm³/mol. The molecule has 1 saturated heterocycles. The van der Waals surface area contributed by atoms with Gasteiger partial charge >= 0.3 is 0 Å². The van der Waals surface area contributed by atoms with Gasteiger partial charge < -0.3 is 9.80 Å². The Morgan fingerprint density at radius 2 is 1.85 bits per heavy atom. The molecule has 1 fully saturated rings. The highest BCUT2D eigenvalue weighted by molar-refractivity contribution is 5.93. The zero-order valence-electron chi connectivity index (χ0n) is 15.2. The summed E-state index contributed by atoms with van der Waals surface area (Å²) in [5, 5.41) is 9.67. The van der Waals surface area contributed by atoms with E-state index in [-0.39, 0.29) is 11.9 Å². The summed E-state index contributed by atoms with van der Waals surface area (Å²) in [4.78, 5) is 22.5. The molecule has 1 aliphatic heterocycles. The Labute approximate surface area is 154 Å². The van der Waals surface area contributed by atoms with E-state index < -0.39 is 0 Å². The molecule has 1 aliphatic rings. The molecular formula is C20H23N5O. The van der Waals surface area contributed by atoms with E-state index in [1.54, 1.807) is 24.5 Å². The van der Waals surface area contributed by atoms with Crippen molar-refractivity contribution in [3.05, 3.63) is 59.9 Å². The van der Waals surface area contributed by atoms with Gasteiger partial charge in [0.2, 0.25) is 0 Å². The molecule has 0 radical (unpaired) electrons. The monoisotopic (exact) mass is 349 g/mol. The number of piperazine rings is 1. The summed E-state index contributed by atoms with van der Waals surface area (Å²) in [6, 6.07) is 13.8. The van der Waals surface area contributed by atoms with Crippen molar-refractivity contribution in [1.82, 2.24) is 14.8 Å². The van der Waals surface area contributed by atoms with Gasteiger partial charge in [-0.05, 0) is 29.8 Å². The number of aromatic nitrogens is 1. The summed E-state index contributed by atoms with van der Waals surface area (Å²) >= 11 is 0. The predicted octanol–water partition coefficient (Wildman–Crippen LogP) is 2.17. The third-order valence-corrected chi connectivity index (χ3v) is 4.72. The van der Waals surface area contributed by atoms with Crippen LogP contribution in [0.4, 0.5) is 5.69 Å². The first kappa shape index (κ1) is 17.9. The lowest BCUT2D eigenvalue weighted by Gasteiger charge is -2.37. The van der Waals surface area contributed by atoms with Crippen molar-refractivity contribution in [2.75, 3.05) is 45.2 Å². The number of pyridine rings is 1. The number of rotatable bonds is 4. The molecule has 134 valence electrons. The van der Waals surface area contributed by atoms with Crippen LogP contribution in [-0.2, 0) is 0 Å². The molecule has 0 bridgehead atoms. The largest absolute Gasteiger partial charge is 0.378 e. The van der Waals surface area contributed by atoms with Crippen molar-refractivity contribution in [2.24, 2.45) is 0 Å². The summed E-state index contributed by atoms with van der Waals surface area (Å²) < 4.78 is 0. The van der Waals surface area contributed by atoms with Gasteiger partial charge in [0.1, 0.15) is 6.04 Å². The highest BCUT2D eigenvalue weighted by atomic mass is 16.2. The number of hydrogen-bond donors (Lipinski definition) is 0. The average molecular weight is 349 g/mol. The van der Waals surface area contributed by atoms with E-state index in [1.165, 1.54) is 0 Å². The van der Waals surface area contributed by atoms with Crippen LogP contribution in [0.15, 0.2) is 48.8 Å². The first-order valence-electron chi connectivity index (χ1n) is 8.70. The van der Waals surface area contributed by atoms with Gasteiger partial charge in [0.05, 0.1) is 11.6 Å². The summed E-state index contributed by atoms with van der Waals surface area (Å²) in [6.45, 7) is 2.59. The van der Waals surface area contributed by atoms with Gasteiger partial charge in [0.25, 0.3) is 5.91 Å². The van der Waals surface area contributed by atoms with Gasteiger partial charge in [0.15, 0.2) is 0 Å². The molecule has 0 saturated carbocycles. The van der Waals surface area contributed by atoms with Crippen LogP contribution in [0.25, 0.3) is 0 Å². The quantitative estimate of drug-likeness (QED) is 0.846. The summed E-state index contributed by atoms with van der Waals surface area (Å²) in [5.41, 5.74) is 2.71. The van der Waals surface area contributed by atoms with Crippen LogP contribution in [0, 0.1) is 11.3 Å². The molecule has 6 heteroatoms. The number of carbonyl (C=O) groups is 1. The summed E-state index contributed by atoms with van der Waals surface area (Å²) in [6.07, 6.45) is 3.26. The zero-order valence-corrected chi connectivity index (χ0v) is 15.2. The molecule has 0 N–H and O–H groups in total. The van der Waals surface area contributed by atoms with E-state index in [1.807, 2.05) is 48.2 Å².